The van der Waals surface area contributed by atoms with Crippen molar-refractivity contribution in [3.8, 4) is 0 Å². The second-order valence-corrected chi connectivity index (χ2v) is 7.46. The first-order valence-electron chi connectivity index (χ1n) is 8.66. The number of pyridine rings is 1. The highest BCUT2D eigenvalue weighted by Crippen LogP contribution is 2.34. The number of aromatic nitrogens is 3. The van der Waals surface area contributed by atoms with E-state index in [1.54, 1.807) is 25.1 Å². The lowest BCUT2D eigenvalue weighted by Crippen LogP contribution is -2.24. The van der Waals surface area contributed by atoms with E-state index in [0.717, 1.165) is 6.07 Å². The van der Waals surface area contributed by atoms with Crippen LogP contribution >= 0.6 is 23.2 Å². The van der Waals surface area contributed by atoms with Crippen molar-refractivity contribution >= 4 is 34.8 Å². The van der Waals surface area contributed by atoms with Crippen molar-refractivity contribution in [2.45, 2.75) is 26.3 Å². The Hall–Kier alpha value is -2.78. The minimum Gasteiger partial charge on any atom is -0.616 e. The number of aryl methyl sites for hydroxylation is 1. The Bertz CT molecular complexity index is 1180. The number of ether oxygens (including phenoxy) is 1. The molecule has 2 aromatic heterocycles. The number of hydrogen-bond acceptors (Lipinski definition) is 4. The van der Waals surface area contributed by atoms with Gasteiger partial charge < -0.3 is 9.94 Å². The monoisotopic (exact) mass is 456 g/mol. The minimum absolute atomic E-state index is 0.0227. The molecule has 11 heteroatoms. The fourth-order valence-electron chi connectivity index (χ4n) is 3.24. The average molecular weight is 457 g/mol. The molecule has 0 saturated carbocycles. The Balaban J connectivity index is 1.82. The van der Waals surface area contributed by atoms with Gasteiger partial charge in [0.25, 0.3) is 0 Å². The number of alkyl halides is 3. The molecule has 0 unspecified atom stereocenters. The zero-order valence-electron chi connectivity index (χ0n) is 15.4. The highest BCUT2D eigenvalue weighted by Gasteiger charge is 2.39. The van der Waals surface area contributed by atoms with Crippen LogP contribution in [0.3, 0.4) is 0 Å². The van der Waals surface area contributed by atoms with Crippen LogP contribution in [0, 0.1) is 12.1 Å². The van der Waals surface area contributed by atoms with Gasteiger partial charge in [0, 0.05) is 22.8 Å². The Labute approximate surface area is 178 Å². The molecular weight excluding hydrogens is 444 g/mol. The average Bonchev–Trinajstić information content (AvgIpc) is 3.07. The fraction of sp³-hybridized carbons (Fsp3) is 0.211. The number of benzene rings is 1. The van der Waals surface area contributed by atoms with Gasteiger partial charge in [-0.3, -0.25) is 9.67 Å². The number of rotatable bonds is 3. The third-order valence-electron chi connectivity index (χ3n) is 4.52. The molecule has 4 rings (SSSR count). The van der Waals surface area contributed by atoms with Gasteiger partial charge in [-0.1, -0.05) is 23.2 Å². The van der Waals surface area contributed by atoms with E-state index >= 15 is 0 Å². The molecule has 156 valence electrons. The van der Waals surface area contributed by atoms with Gasteiger partial charge in [0.1, 0.15) is 12.3 Å². The molecule has 1 aromatic carbocycles. The summed E-state index contributed by atoms with van der Waals surface area (Å²) in [5.41, 5.74) is 0.297. The smallest absolute Gasteiger partial charge is 0.433 e. The second-order valence-electron chi connectivity index (χ2n) is 6.62. The zero-order valence-corrected chi connectivity index (χ0v) is 16.9. The summed E-state index contributed by atoms with van der Waals surface area (Å²) < 4.78 is 47.4. The summed E-state index contributed by atoms with van der Waals surface area (Å²) in [6.45, 7) is 1.33. The standard InChI is InChI=1S/C19H13Cl2F3N4O2/c1-10-5-12(20)6-11-9-30-18(28(29)17(10)11)14-7-16(19(22,23)24)27(26-14)8-15-13(21)3-2-4-25-15/h2-7H,8-9H2,1H3. The van der Waals surface area contributed by atoms with E-state index in [-0.39, 0.29) is 41.1 Å². The maximum atomic E-state index is 13.6. The number of fused-ring (bicyclic) bond motifs is 1. The van der Waals surface area contributed by atoms with Crippen LogP contribution in [0.25, 0.3) is 0 Å². The molecule has 0 fully saturated rings. The first-order valence-corrected chi connectivity index (χ1v) is 9.41. The lowest BCUT2D eigenvalue weighted by Gasteiger charge is -2.19. The van der Waals surface area contributed by atoms with Crippen LogP contribution in [0.5, 0.6) is 0 Å². The Morgan fingerprint density at radius 1 is 1.27 bits per heavy atom. The SMILES string of the molecule is Cc1cc(Cl)cc2c1[N+]([O-])=C(c1cc(C(F)(F)F)n(Cc3ncccc3Cl)n1)OC2. The van der Waals surface area contributed by atoms with E-state index in [0.29, 0.717) is 25.6 Å². The summed E-state index contributed by atoms with van der Waals surface area (Å²) in [7, 11) is 0. The fourth-order valence-corrected chi connectivity index (χ4v) is 3.71. The molecule has 1 aliphatic heterocycles. The Kier molecular flexibility index (Phi) is 5.11. The van der Waals surface area contributed by atoms with Gasteiger partial charge in [-0.15, -0.1) is 4.74 Å². The Morgan fingerprint density at radius 2 is 2.03 bits per heavy atom. The Morgan fingerprint density at radius 3 is 2.73 bits per heavy atom. The minimum atomic E-state index is -4.71. The third kappa shape index (κ3) is 3.70. The molecule has 0 amide bonds. The van der Waals surface area contributed by atoms with Crippen molar-refractivity contribution in [3.63, 3.8) is 0 Å². The normalized spacial score (nSPS) is 13.9. The van der Waals surface area contributed by atoms with Gasteiger partial charge in [-0.05, 0) is 31.2 Å². The summed E-state index contributed by atoms with van der Waals surface area (Å²) in [5, 5.41) is 17.5. The van der Waals surface area contributed by atoms with Crippen molar-refractivity contribution in [3.05, 3.63) is 80.0 Å². The van der Waals surface area contributed by atoms with Crippen LogP contribution < -0.4 is 0 Å². The first kappa shape index (κ1) is 20.5. The molecule has 0 saturated heterocycles. The van der Waals surface area contributed by atoms with E-state index in [1.165, 1.54) is 12.3 Å². The molecule has 3 heterocycles. The van der Waals surface area contributed by atoms with Gasteiger partial charge in [-0.2, -0.15) is 18.3 Å². The lowest BCUT2D eigenvalue weighted by molar-refractivity contribution is -0.380. The van der Waals surface area contributed by atoms with Crippen LogP contribution in [0.2, 0.25) is 10.0 Å². The van der Waals surface area contributed by atoms with Crippen LogP contribution in [0.1, 0.15) is 28.2 Å². The van der Waals surface area contributed by atoms with E-state index in [9.17, 15) is 18.4 Å². The van der Waals surface area contributed by atoms with Gasteiger partial charge in [-0.25, -0.2) is 0 Å². The van der Waals surface area contributed by atoms with Crippen molar-refractivity contribution in [1.29, 1.82) is 0 Å². The number of nitrogens with zero attached hydrogens (tertiary/aromatic N) is 4. The van der Waals surface area contributed by atoms with Gasteiger partial charge >= 0.3 is 12.1 Å². The van der Waals surface area contributed by atoms with E-state index in [4.69, 9.17) is 27.9 Å². The topological polar surface area (TPSA) is 66.0 Å². The van der Waals surface area contributed by atoms with Crippen molar-refractivity contribution in [2.24, 2.45) is 0 Å². The van der Waals surface area contributed by atoms with Gasteiger partial charge in [0.2, 0.25) is 5.69 Å². The second kappa shape index (κ2) is 7.48. The maximum absolute atomic E-state index is 13.6. The molecule has 0 N–H and O–H groups in total. The number of hydrogen-bond donors (Lipinski definition) is 0. The maximum Gasteiger partial charge on any atom is 0.433 e. The van der Waals surface area contributed by atoms with Crippen LogP contribution in [-0.4, -0.2) is 25.4 Å². The predicted octanol–water partition coefficient (Wildman–Crippen LogP) is 5.08. The molecule has 6 nitrogen and oxygen atoms in total. The molecule has 0 radical (unpaired) electrons. The highest BCUT2D eigenvalue weighted by molar-refractivity contribution is 6.31. The van der Waals surface area contributed by atoms with Crippen molar-refractivity contribution in [2.75, 3.05) is 0 Å². The summed E-state index contributed by atoms with van der Waals surface area (Å²) >= 11 is 12.0. The van der Waals surface area contributed by atoms with Gasteiger partial charge in [0.15, 0.2) is 5.69 Å². The molecule has 0 bridgehead atoms. The predicted molar refractivity (Wildman–Crippen MR) is 104 cm³/mol. The molecule has 30 heavy (non-hydrogen) atoms. The van der Waals surface area contributed by atoms with Crippen LogP contribution in [0.4, 0.5) is 18.9 Å². The molecule has 0 spiro atoms. The van der Waals surface area contributed by atoms with E-state index in [2.05, 4.69) is 10.1 Å². The highest BCUT2D eigenvalue weighted by atomic mass is 35.5. The van der Waals surface area contributed by atoms with E-state index < -0.39 is 11.9 Å². The quantitative estimate of drug-likeness (QED) is 0.407. The molecular formula is C19H13Cl2F3N4O2. The summed E-state index contributed by atoms with van der Waals surface area (Å²) in [4.78, 5) is 4.00. The molecule has 0 aliphatic carbocycles. The molecule has 3 aromatic rings. The summed E-state index contributed by atoms with van der Waals surface area (Å²) in [5.74, 6) is -0.329. The lowest BCUT2D eigenvalue weighted by atomic mass is 10.1. The summed E-state index contributed by atoms with van der Waals surface area (Å²) in [6, 6.07) is 7.03. The van der Waals surface area contributed by atoms with Crippen molar-refractivity contribution in [1.82, 2.24) is 14.8 Å². The van der Waals surface area contributed by atoms with Crippen molar-refractivity contribution < 1.29 is 22.6 Å². The molecule has 1 aliphatic rings. The van der Waals surface area contributed by atoms with E-state index in [1.807, 2.05) is 0 Å². The van der Waals surface area contributed by atoms with Crippen LogP contribution in [0.15, 0.2) is 36.5 Å². The van der Waals surface area contributed by atoms with Crippen LogP contribution in [-0.2, 0) is 24.1 Å². The third-order valence-corrected chi connectivity index (χ3v) is 5.08. The summed E-state index contributed by atoms with van der Waals surface area (Å²) in [6.07, 6.45) is -3.29. The number of halogens is 5. The molecule has 0 atom stereocenters. The largest absolute Gasteiger partial charge is 0.616 e. The van der Waals surface area contributed by atoms with Gasteiger partial charge in [0.05, 0.1) is 22.8 Å². The first-order chi connectivity index (χ1) is 14.1. The zero-order chi connectivity index (χ0) is 21.6.